The lowest BCUT2D eigenvalue weighted by Crippen LogP contribution is -2.42. The quantitative estimate of drug-likeness (QED) is 0.873. The number of aryl methyl sites for hydroxylation is 1. The lowest BCUT2D eigenvalue weighted by molar-refractivity contribution is -0.119. The topological polar surface area (TPSA) is 69.7 Å². The third kappa shape index (κ3) is 4.04. The highest BCUT2D eigenvalue weighted by Crippen LogP contribution is 2.29. The monoisotopic (exact) mass is 379 g/mol. The summed E-state index contributed by atoms with van der Waals surface area (Å²) < 4.78 is 25.0. The summed E-state index contributed by atoms with van der Waals surface area (Å²) in [4.78, 5) is 15.1. The Morgan fingerprint density at radius 1 is 1.15 bits per heavy atom. The fraction of sp³-hybridized carbons (Fsp3) is 0.632. The van der Waals surface area contributed by atoms with E-state index in [1.165, 1.54) is 35.5 Å². The molecule has 2 fully saturated rings. The number of rotatable bonds is 4. The van der Waals surface area contributed by atoms with E-state index in [1.807, 2.05) is 19.1 Å². The molecule has 0 unspecified atom stereocenters. The van der Waals surface area contributed by atoms with Gasteiger partial charge in [-0.1, -0.05) is 0 Å². The summed E-state index contributed by atoms with van der Waals surface area (Å²) in [6.07, 6.45) is 6.16. The van der Waals surface area contributed by atoms with E-state index in [0.29, 0.717) is 19.0 Å². The van der Waals surface area contributed by atoms with Gasteiger partial charge in [0, 0.05) is 30.5 Å². The third-order valence-corrected chi connectivity index (χ3v) is 6.82. The molecule has 7 heteroatoms. The van der Waals surface area contributed by atoms with Crippen LogP contribution in [0.2, 0.25) is 0 Å². The van der Waals surface area contributed by atoms with Gasteiger partial charge in [0.15, 0.2) is 0 Å². The smallest absolute Gasteiger partial charge is 0.242 e. The fourth-order valence-corrected chi connectivity index (χ4v) is 5.19. The molecule has 0 saturated carbocycles. The maximum Gasteiger partial charge on any atom is 0.242 e. The lowest BCUT2D eigenvalue weighted by Gasteiger charge is -2.35. The molecule has 0 bridgehead atoms. The number of anilines is 2. The Labute approximate surface area is 156 Å². The molecular formula is C19H29N3O3S. The van der Waals surface area contributed by atoms with Gasteiger partial charge in [0.1, 0.15) is 6.04 Å². The summed E-state index contributed by atoms with van der Waals surface area (Å²) >= 11 is 0. The van der Waals surface area contributed by atoms with Crippen molar-refractivity contribution >= 4 is 27.3 Å². The van der Waals surface area contributed by atoms with Crippen LogP contribution in [0.1, 0.15) is 44.6 Å². The molecule has 1 aromatic carbocycles. The van der Waals surface area contributed by atoms with E-state index in [1.54, 1.807) is 0 Å². The van der Waals surface area contributed by atoms with Gasteiger partial charge in [0.05, 0.1) is 6.26 Å². The molecule has 2 saturated heterocycles. The normalized spacial score (nSPS) is 24.7. The number of hydrogen-bond acceptors (Lipinski definition) is 4. The zero-order valence-corrected chi connectivity index (χ0v) is 16.7. The number of carbonyl (C=O) groups is 1. The van der Waals surface area contributed by atoms with Crippen LogP contribution in [-0.4, -0.2) is 50.1 Å². The molecule has 0 spiro atoms. The SMILES string of the molecule is Cc1cc(N2CCCC[C@H]2C)ccc1NC(=O)[C@@H]1CCCN1S(C)(=O)=O. The van der Waals surface area contributed by atoms with Crippen molar-refractivity contribution in [1.29, 1.82) is 0 Å². The Morgan fingerprint density at radius 2 is 1.92 bits per heavy atom. The first-order valence-corrected chi connectivity index (χ1v) is 11.3. The summed E-state index contributed by atoms with van der Waals surface area (Å²) in [5.74, 6) is -0.241. The number of hydrogen-bond donors (Lipinski definition) is 1. The Hall–Kier alpha value is -1.60. The first kappa shape index (κ1) is 19.2. The Balaban J connectivity index is 1.73. The van der Waals surface area contributed by atoms with E-state index in [0.717, 1.165) is 24.2 Å². The van der Waals surface area contributed by atoms with Crippen molar-refractivity contribution in [2.24, 2.45) is 0 Å². The minimum Gasteiger partial charge on any atom is -0.369 e. The molecule has 26 heavy (non-hydrogen) atoms. The van der Waals surface area contributed by atoms with Gasteiger partial charge in [-0.05, 0) is 69.7 Å². The molecular weight excluding hydrogens is 350 g/mol. The summed E-state index contributed by atoms with van der Waals surface area (Å²) in [5.41, 5.74) is 2.94. The molecule has 1 amide bonds. The largest absolute Gasteiger partial charge is 0.369 e. The molecule has 1 aromatic rings. The van der Waals surface area contributed by atoms with Crippen LogP contribution in [0.3, 0.4) is 0 Å². The molecule has 6 nitrogen and oxygen atoms in total. The zero-order chi connectivity index (χ0) is 18.9. The van der Waals surface area contributed by atoms with Crippen molar-refractivity contribution in [2.45, 2.75) is 58.0 Å². The standard InChI is InChI=1S/C19H29N3O3S/c1-14-13-16(21-11-5-4-7-15(21)2)9-10-17(14)20-19(23)18-8-6-12-22(18)26(3,24)25/h9-10,13,15,18H,4-8,11-12H2,1-3H3,(H,20,23)/t15-,18+/m1/s1. The number of nitrogens with one attached hydrogen (secondary N) is 1. The van der Waals surface area contributed by atoms with Crippen LogP contribution >= 0.6 is 0 Å². The van der Waals surface area contributed by atoms with Crippen LogP contribution in [0.25, 0.3) is 0 Å². The van der Waals surface area contributed by atoms with Crippen molar-refractivity contribution in [3.05, 3.63) is 23.8 Å². The van der Waals surface area contributed by atoms with Crippen LogP contribution in [0.15, 0.2) is 18.2 Å². The number of amides is 1. The number of piperidine rings is 1. The van der Waals surface area contributed by atoms with Gasteiger partial charge in [-0.3, -0.25) is 4.79 Å². The third-order valence-electron chi connectivity index (χ3n) is 5.53. The van der Waals surface area contributed by atoms with Gasteiger partial charge in [-0.25, -0.2) is 8.42 Å². The van der Waals surface area contributed by atoms with E-state index in [-0.39, 0.29) is 5.91 Å². The summed E-state index contributed by atoms with van der Waals surface area (Å²) in [7, 11) is -3.36. The number of benzene rings is 1. The molecule has 2 atom stereocenters. The van der Waals surface area contributed by atoms with Crippen molar-refractivity contribution in [2.75, 3.05) is 29.6 Å². The van der Waals surface area contributed by atoms with E-state index in [2.05, 4.69) is 23.2 Å². The molecule has 144 valence electrons. The van der Waals surface area contributed by atoms with Gasteiger partial charge in [0.25, 0.3) is 0 Å². The molecule has 2 heterocycles. The Morgan fingerprint density at radius 3 is 2.58 bits per heavy atom. The second-order valence-corrected chi connectivity index (χ2v) is 9.49. The van der Waals surface area contributed by atoms with E-state index < -0.39 is 16.1 Å². The number of carbonyl (C=O) groups excluding carboxylic acids is 1. The minimum absolute atomic E-state index is 0.241. The maximum atomic E-state index is 12.6. The molecule has 2 aliphatic heterocycles. The highest BCUT2D eigenvalue weighted by Gasteiger charge is 2.36. The maximum absolute atomic E-state index is 12.6. The van der Waals surface area contributed by atoms with Gasteiger partial charge >= 0.3 is 0 Å². The summed E-state index contributed by atoms with van der Waals surface area (Å²) in [6, 6.07) is 6.02. The van der Waals surface area contributed by atoms with E-state index in [9.17, 15) is 13.2 Å². The van der Waals surface area contributed by atoms with Gasteiger partial charge in [-0.2, -0.15) is 4.31 Å². The highest BCUT2D eigenvalue weighted by molar-refractivity contribution is 7.88. The van der Waals surface area contributed by atoms with Gasteiger partial charge in [0.2, 0.25) is 15.9 Å². The van der Waals surface area contributed by atoms with Crippen LogP contribution in [0.5, 0.6) is 0 Å². The lowest BCUT2D eigenvalue weighted by atomic mass is 10.0. The van der Waals surface area contributed by atoms with Crippen LogP contribution < -0.4 is 10.2 Å². The zero-order valence-electron chi connectivity index (χ0n) is 15.9. The molecule has 3 rings (SSSR count). The predicted octanol–water partition coefficient (Wildman–Crippen LogP) is 2.74. The van der Waals surface area contributed by atoms with Gasteiger partial charge < -0.3 is 10.2 Å². The number of sulfonamides is 1. The van der Waals surface area contributed by atoms with Gasteiger partial charge in [-0.15, -0.1) is 0 Å². The summed E-state index contributed by atoms with van der Waals surface area (Å²) in [5, 5.41) is 2.93. The predicted molar refractivity (Wildman–Crippen MR) is 105 cm³/mol. The van der Waals surface area contributed by atoms with Crippen molar-refractivity contribution in [3.8, 4) is 0 Å². The molecule has 0 aliphatic carbocycles. The molecule has 2 aliphatic rings. The Bertz CT molecular complexity index is 778. The van der Waals surface area contributed by atoms with E-state index in [4.69, 9.17) is 0 Å². The van der Waals surface area contributed by atoms with Crippen molar-refractivity contribution in [1.82, 2.24) is 4.31 Å². The highest BCUT2D eigenvalue weighted by atomic mass is 32.2. The number of nitrogens with zero attached hydrogens (tertiary/aromatic N) is 2. The fourth-order valence-electron chi connectivity index (χ4n) is 4.06. The molecule has 0 radical (unpaired) electrons. The average Bonchev–Trinajstić information content (AvgIpc) is 3.07. The minimum atomic E-state index is -3.36. The Kier molecular flexibility index (Phi) is 5.58. The first-order valence-electron chi connectivity index (χ1n) is 9.42. The average molecular weight is 380 g/mol. The van der Waals surface area contributed by atoms with Crippen LogP contribution in [0, 0.1) is 6.92 Å². The van der Waals surface area contributed by atoms with E-state index >= 15 is 0 Å². The summed E-state index contributed by atoms with van der Waals surface area (Å²) in [6.45, 7) is 5.72. The van der Waals surface area contributed by atoms with Crippen molar-refractivity contribution < 1.29 is 13.2 Å². The molecule has 1 N–H and O–H groups in total. The van der Waals surface area contributed by atoms with Crippen LogP contribution in [-0.2, 0) is 14.8 Å². The first-order chi connectivity index (χ1) is 12.3. The second kappa shape index (κ2) is 7.56. The second-order valence-electron chi connectivity index (χ2n) is 7.56. The van der Waals surface area contributed by atoms with Crippen molar-refractivity contribution in [3.63, 3.8) is 0 Å². The van der Waals surface area contributed by atoms with Crippen LogP contribution in [0.4, 0.5) is 11.4 Å². The molecule has 0 aromatic heterocycles.